The van der Waals surface area contributed by atoms with E-state index >= 15 is 0 Å². The fourth-order valence-corrected chi connectivity index (χ4v) is 0. The van der Waals surface area contributed by atoms with Crippen molar-refractivity contribution in [1.82, 2.24) is 0 Å². The van der Waals surface area contributed by atoms with Crippen LogP contribution < -0.4 is 0 Å². The Kier molecular flexibility index (Phi) is 14.5. The van der Waals surface area contributed by atoms with Crippen LogP contribution in [0.2, 0.25) is 0 Å². The molecule has 0 spiro atoms. The first-order valence-corrected chi connectivity index (χ1v) is 2.10. The maximum atomic E-state index is 8.74. The summed E-state index contributed by atoms with van der Waals surface area (Å²) in [5.74, 6) is 0. The van der Waals surface area contributed by atoms with Crippen LogP contribution in [0.5, 0.6) is 0 Å². The number of hydrogen-bond acceptors (Lipinski definition) is 2. The van der Waals surface area contributed by atoms with Gasteiger partial charge in [-0.05, 0) is 0 Å². The van der Waals surface area contributed by atoms with E-state index in [0.29, 0.717) is 0 Å². The Morgan fingerprint density at radius 3 is 1.14 bits per heavy atom. The molecule has 0 unspecified atom stereocenters. The molecule has 0 bridgehead atoms. The molecule has 0 radical (unpaired) electrons. The molecule has 0 aliphatic rings. The molecule has 0 atom stereocenters. The molecule has 0 aromatic carbocycles. The average Bonchev–Trinajstić information content (AvgIpc) is 0.722. The van der Waals surface area contributed by atoms with Crippen molar-refractivity contribution < 1.29 is 34.6 Å². The summed E-state index contributed by atoms with van der Waals surface area (Å²) in [5.41, 5.74) is 0. The van der Waals surface area contributed by atoms with E-state index in [9.17, 15) is 0 Å². The van der Waals surface area contributed by atoms with E-state index < -0.39 is 10.4 Å². The van der Waals surface area contributed by atoms with Crippen molar-refractivity contribution in [3.63, 3.8) is 0 Å². The zero-order valence-corrected chi connectivity index (χ0v) is 4.39. The van der Waals surface area contributed by atoms with E-state index in [2.05, 4.69) is 0 Å². The first-order chi connectivity index (χ1) is 2.00. The predicted octanol–water partition coefficient (Wildman–Crippen LogP) is -1.30. The third-order valence-electron chi connectivity index (χ3n) is 0. The zero-order valence-electron chi connectivity index (χ0n) is 2.47. The van der Waals surface area contributed by atoms with Crippen molar-refractivity contribution in [2.24, 2.45) is 0 Å². The molecule has 0 rings (SSSR count). The third kappa shape index (κ3) is 65.3. The summed E-state index contributed by atoms with van der Waals surface area (Å²) < 4.78 is 31.6. The van der Waals surface area contributed by atoms with Gasteiger partial charge >= 0.3 is 68.6 Å². The quantitative estimate of drug-likeness (QED) is 0.407. The Morgan fingerprint density at radius 2 is 1.14 bits per heavy atom. The van der Waals surface area contributed by atoms with E-state index in [-0.39, 0.29) is 75.3 Å². The van der Waals surface area contributed by atoms with E-state index in [0.717, 1.165) is 0 Å². The monoisotopic (exact) mass is 240 g/mol. The van der Waals surface area contributed by atoms with Gasteiger partial charge in [0, 0.05) is 17.1 Å². The van der Waals surface area contributed by atoms with Crippen molar-refractivity contribution >= 4 is 68.6 Å². The van der Waals surface area contributed by atoms with E-state index in [4.69, 9.17) is 17.5 Å². The van der Waals surface area contributed by atoms with Gasteiger partial charge in [-0.2, -0.15) is 8.42 Å². The Bertz CT molecular complexity index is 94.9. The van der Waals surface area contributed by atoms with Crippen LogP contribution in [0.4, 0.5) is 0 Å². The van der Waals surface area contributed by atoms with Gasteiger partial charge in [0.2, 0.25) is 0 Å². The standard InChI is InChI=1S/Fe.H2O4S.Rb.H/c;1-5(2,3)4;;/h;(H2,1,2,3,4);;. The summed E-state index contributed by atoms with van der Waals surface area (Å²) in [6.07, 6.45) is 0. The molecular weight excluding hydrogens is 237 g/mol. The van der Waals surface area contributed by atoms with Crippen LogP contribution in [-0.2, 0) is 27.5 Å². The van der Waals surface area contributed by atoms with Crippen LogP contribution in [-0.4, -0.2) is 75.7 Å². The Labute approximate surface area is 101 Å². The summed E-state index contributed by atoms with van der Waals surface area (Å²) >= 11 is 0. The van der Waals surface area contributed by atoms with Crippen molar-refractivity contribution in [3.8, 4) is 0 Å². The molecule has 0 heterocycles. The van der Waals surface area contributed by atoms with E-state index in [1.54, 1.807) is 0 Å². The number of rotatable bonds is 0. The fourth-order valence-electron chi connectivity index (χ4n) is 0. The molecule has 0 saturated carbocycles. The van der Waals surface area contributed by atoms with Gasteiger partial charge < -0.3 is 0 Å². The molecule has 42 valence electrons. The van der Waals surface area contributed by atoms with Crippen LogP contribution in [0.1, 0.15) is 0 Å². The summed E-state index contributed by atoms with van der Waals surface area (Å²) in [5, 5.41) is 0. The molecule has 4 nitrogen and oxygen atoms in total. The van der Waals surface area contributed by atoms with Gasteiger partial charge in [0.1, 0.15) is 0 Å². The predicted molar refractivity (Wildman–Crippen MR) is 21.3 cm³/mol. The fraction of sp³-hybridized carbons (Fsp3) is 0. The summed E-state index contributed by atoms with van der Waals surface area (Å²) in [4.78, 5) is 0. The molecule has 0 aromatic rings. The van der Waals surface area contributed by atoms with E-state index in [1.807, 2.05) is 0 Å². The van der Waals surface area contributed by atoms with Crippen molar-refractivity contribution in [2.75, 3.05) is 0 Å². The van der Waals surface area contributed by atoms with Crippen molar-refractivity contribution in [3.05, 3.63) is 0 Å². The average molecular weight is 240 g/mol. The first-order valence-electron chi connectivity index (χ1n) is 0.698. The minimum atomic E-state index is -4.67. The van der Waals surface area contributed by atoms with Gasteiger partial charge in [-0.1, -0.05) is 0 Å². The molecule has 2 N–H and O–H groups in total. The van der Waals surface area contributed by atoms with Crippen molar-refractivity contribution in [1.29, 1.82) is 0 Å². The van der Waals surface area contributed by atoms with Crippen molar-refractivity contribution in [2.45, 2.75) is 0 Å². The molecule has 0 amide bonds. The van der Waals surface area contributed by atoms with Crippen LogP contribution in [0.15, 0.2) is 0 Å². The van der Waals surface area contributed by atoms with Gasteiger partial charge in [0.25, 0.3) is 0 Å². The van der Waals surface area contributed by atoms with Crippen LogP contribution >= 0.6 is 0 Å². The third-order valence-corrected chi connectivity index (χ3v) is 0. The van der Waals surface area contributed by atoms with Crippen LogP contribution in [0.3, 0.4) is 0 Å². The van der Waals surface area contributed by atoms with Gasteiger partial charge in [-0.3, -0.25) is 9.11 Å². The molecule has 0 aliphatic heterocycles. The molecule has 7 heavy (non-hydrogen) atoms. The second kappa shape index (κ2) is 6.32. The minimum absolute atomic E-state index is 0. The Hall–Kier alpha value is 2.19. The summed E-state index contributed by atoms with van der Waals surface area (Å²) in [7, 11) is -4.67. The number of hydrogen-bond donors (Lipinski definition) is 2. The van der Waals surface area contributed by atoms with Gasteiger partial charge in [0.05, 0.1) is 0 Å². The summed E-state index contributed by atoms with van der Waals surface area (Å²) in [6, 6.07) is 0. The maximum absolute atomic E-state index is 8.74. The van der Waals surface area contributed by atoms with Gasteiger partial charge in [-0.15, -0.1) is 0 Å². The SMILES string of the molecule is O=S(=O)(O)O.[Fe].[RbH]. The van der Waals surface area contributed by atoms with E-state index in [1.165, 1.54) is 0 Å². The summed E-state index contributed by atoms with van der Waals surface area (Å²) in [6.45, 7) is 0. The van der Waals surface area contributed by atoms with Gasteiger partial charge in [-0.25, -0.2) is 0 Å². The topological polar surface area (TPSA) is 74.6 Å². The second-order valence-electron chi connectivity index (χ2n) is 0.448. The first kappa shape index (κ1) is 16.1. The molecule has 0 fully saturated rings. The van der Waals surface area contributed by atoms with Crippen LogP contribution in [0, 0.1) is 0 Å². The second-order valence-corrected chi connectivity index (χ2v) is 1.34. The molecule has 0 aromatic heterocycles. The van der Waals surface area contributed by atoms with Crippen LogP contribution in [0.25, 0.3) is 0 Å². The van der Waals surface area contributed by atoms with Gasteiger partial charge in [0.15, 0.2) is 0 Å². The Morgan fingerprint density at radius 1 is 1.14 bits per heavy atom. The normalized spacial score (nSPS) is 8.29. The zero-order chi connectivity index (χ0) is 4.50. The Balaban J connectivity index is -0.0000000800. The molecular formula is H3FeO4RbS. The molecule has 7 heteroatoms. The molecule has 0 saturated heterocycles. The molecule has 0 aliphatic carbocycles.